The van der Waals surface area contributed by atoms with Crippen molar-refractivity contribution in [2.45, 2.75) is 57.8 Å². The third-order valence-electron chi connectivity index (χ3n) is 4.70. The fourth-order valence-electron chi connectivity index (χ4n) is 3.21. The normalized spacial score (nSPS) is 15.2. The van der Waals surface area contributed by atoms with Crippen molar-refractivity contribution >= 4 is 16.0 Å². The lowest BCUT2D eigenvalue weighted by atomic mass is 9.94. The van der Waals surface area contributed by atoms with Crippen molar-refractivity contribution in [2.75, 3.05) is 5.75 Å². The topological polar surface area (TPSA) is 83.5 Å². The lowest BCUT2D eigenvalue weighted by Crippen LogP contribution is -2.28. The first-order valence-corrected chi connectivity index (χ1v) is 11.3. The van der Waals surface area contributed by atoms with Crippen LogP contribution in [0.5, 0.6) is 0 Å². The van der Waals surface area contributed by atoms with E-state index in [4.69, 9.17) is 5.11 Å². The molecule has 0 spiro atoms. The molecule has 154 valence electrons. The molecule has 0 aliphatic heterocycles. The fraction of sp³-hybridized carbons (Fsp3) is 0.476. The van der Waals surface area contributed by atoms with E-state index in [0.29, 0.717) is 31.2 Å². The van der Waals surface area contributed by atoms with Crippen molar-refractivity contribution < 1.29 is 22.7 Å². The Morgan fingerprint density at radius 1 is 1.21 bits per heavy atom. The molecule has 0 aromatic heterocycles. The Morgan fingerprint density at radius 3 is 2.75 bits per heavy atom. The van der Waals surface area contributed by atoms with Crippen LogP contribution in [0.3, 0.4) is 0 Å². The van der Waals surface area contributed by atoms with Gasteiger partial charge in [0.2, 0.25) is 10.0 Å². The predicted octanol–water partition coefficient (Wildman–Crippen LogP) is 4.32. The zero-order valence-corrected chi connectivity index (χ0v) is 16.8. The number of aryl methyl sites for hydroxylation is 1. The number of carbonyl (C=O) groups is 1. The number of nitrogens with one attached hydrogen (secondary N) is 1. The maximum atomic E-state index is 13.2. The molecule has 0 radical (unpaired) electrons. The highest BCUT2D eigenvalue weighted by Gasteiger charge is 2.18. The monoisotopic (exact) mass is 409 g/mol. The molecule has 5 nitrogen and oxygen atoms in total. The predicted molar refractivity (Wildman–Crippen MR) is 108 cm³/mol. The summed E-state index contributed by atoms with van der Waals surface area (Å²) >= 11 is 0. The van der Waals surface area contributed by atoms with E-state index in [1.54, 1.807) is 12.1 Å². The van der Waals surface area contributed by atoms with E-state index >= 15 is 0 Å². The van der Waals surface area contributed by atoms with Gasteiger partial charge in [-0.2, -0.15) is 0 Å². The molecule has 2 rings (SSSR count). The van der Waals surface area contributed by atoms with Crippen LogP contribution in [-0.4, -0.2) is 25.2 Å². The van der Waals surface area contributed by atoms with Crippen LogP contribution in [0, 0.1) is 5.82 Å². The molecule has 2 N–H and O–H groups in total. The summed E-state index contributed by atoms with van der Waals surface area (Å²) in [4.78, 5) is 10.5. The minimum absolute atomic E-state index is 0.0851. The van der Waals surface area contributed by atoms with Gasteiger partial charge in [0.25, 0.3) is 0 Å². The van der Waals surface area contributed by atoms with Crippen molar-refractivity contribution in [1.82, 2.24) is 4.72 Å². The maximum Gasteiger partial charge on any atom is 0.303 e. The van der Waals surface area contributed by atoms with Crippen LogP contribution in [0.15, 0.2) is 47.7 Å². The van der Waals surface area contributed by atoms with E-state index in [0.717, 1.165) is 30.5 Å². The minimum atomic E-state index is -3.49. The van der Waals surface area contributed by atoms with Crippen molar-refractivity contribution in [2.24, 2.45) is 0 Å². The summed E-state index contributed by atoms with van der Waals surface area (Å²) in [6, 6.07) is 5.99. The number of carboxylic acids is 1. The van der Waals surface area contributed by atoms with Gasteiger partial charge in [0.15, 0.2) is 0 Å². The second-order valence-electron chi connectivity index (χ2n) is 7.05. The van der Waals surface area contributed by atoms with Crippen LogP contribution in [0.1, 0.15) is 56.9 Å². The fourth-order valence-corrected chi connectivity index (χ4v) is 4.44. The number of aliphatic carboxylic acids is 1. The van der Waals surface area contributed by atoms with Gasteiger partial charge in [0.05, 0.1) is 5.75 Å². The van der Waals surface area contributed by atoms with Gasteiger partial charge >= 0.3 is 5.97 Å². The summed E-state index contributed by atoms with van der Waals surface area (Å²) in [6.07, 6.45) is 9.91. The molecular weight excluding hydrogens is 381 g/mol. The van der Waals surface area contributed by atoms with E-state index in [1.165, 1.54) is 12.1 Å². The van der Waals surface area contributed by atoms with Gasteiger partial charge in [-0.15, -0.1) is 0 Å². The summed E-state index contributed by atoms with van der Waals surface area (Å²) in [5.74, 6) is -1.24. The molecule has 28 heavy (non-hydrogen) atoms. The van der Waals surface area contributed by atoms with Crippen molar-refractivity contribution in [3.05, 3.63) is 59.1 Å². The van der Waals surface area contributed by atoms with Crippen molar-refractivity contribution in [3.8, 4) is 0 Å². The number of sulfonamides is 1. The van der Waals surface area contributed by atoms with Crippen LogP contribution in [0.4, 0.5) is 4.39 Å². The Kier molecular flexibility index (Phi) is 8.70. The van der Waals surface area contributed by atoms with Crippen molar-refractivity contribution in [1.29, 1.82) is 0 Å². The number of halogens is 1. The second-order valence-corrected chi connectivity index (χ2v) is 8.89. The van der Waals surface area contributed by atoms with E-state index in [-0.39, 0.29) is 24.4 Å². The number of allylic oxidation sites excluding steroid dienone is 4. The molecule has 1 aromatic carbocycles. The van der Waals surface area contributed by atoms with E-state index in [1.807, 2.05) is 12.2 Å². The average Bonchev–Trinajstić information content (AvgIpc) is 2.64. The van der Waals surface area contributed by atoms with Crippen LogP contribution in [0.25, 0.3) is 0 Å². The largest absolute Gasteiger partial charge is 0.481 e. The molecule has 0 saturated carbocycles. The number of carboxylic acid groups (broad SMARTS) is 1. The Hall–Kier alpha value is -2.15. The highest BCUT2D eigenvalue weighted by Crippen LogP contribution is 2.26. The molecule has 7 heteroatoms. The van der Waals surface area contributed by atoms with Crippen LogP contribution in [-0.2, 0) is 21.2 Å². The summed E-state index contributed by atoms with van der Waals surface area (Å²) < 4.78 is 40.9. The summed E-state index contributed by atoms with van der Waals surface area (Å²) in [6.45, 7) is 0. The number of rotatable bonds is 11. The van der Waals surface area contributed by atoms with E-state index in [2.05, 4.69) is 4.72 Å². The minimum Gasteiger partial charge on any atom is -0.481 e. The zero-order chi connectivity index (χ0) is 20.4. The number of benzene rings is 1. The molecule has 1 aliphatic carbocycles. The Bertz CT molecular complexity index is 831. The third-order valence-corrected chi connectivity index (χ3v) is 6.00. The van der Waals surface area contributed by atoms with Gasteiger partial charge in [-0.1, -0.05) is 24.3 Å². The number of hydrogen-bond donors (Lipinski definition) is 2. The molecule has 0 fully saturated rings. The lowest BCUT2D eigenvalue weighted by molar-refractivity contribution is -0.137. The van der Waals surface area contributed by atoms with Gasteiger partial charge in [-0.3, -0.25) is 9.52 Å². The van der Waals surface area contributed by atoms with Gasteiger partial charge in [0, 0.05) is 12.1 Å². The maximum absolute atomic E-state index is 13.2. The Labute approximate surface area is 166 Å². The highest BCUT2D eigenvalue weighted by atomic mass is 32.2. The number of hydrogen-bond acceptors (Lipinski definition) is 3. The van der Waals surface area contributed by atoms with Crippen LogP contribution in [0.2, 0.25) is 0 Å². The first-order valence-electron chi connectivity index (χ1n) is 9.68. The first kappa shape index (κ1) is 22.1. The summed E-state index contributed by atoms with van der Waals surface area (Å²) in [5, 5.41) is 8.63. The van der Waals surface area contributed by atoms with Gasteiger partial charge in [-0.25, -0.2) is 12.8 Å². The first-order chi connectivity index (χ1) is 13.4. The van der Waals surface area contributed by atoms with Crippen LogP contribution < -0.4 is 4.72 Å². The average molecular weight is 410 g/mol. The van der Waals surface area contributed by atoms with Gasteiger partial charge in [0.1, 0.15) is 5.82 Å². The number of unbranched alkanes of at least 4 members (excludes halogenated alkanes) is 1. The van der Waals surface area contributed by atoms with Crippen molar-refractivity contribution in [3.63, 3.8) is 0 Å². The van der Waals surface area contributed by atoms with Crippen LogP contribution >= 0.6 is 0 Å². The smallest absolute Gasteiger partial charge is 0.303 e. The Balaban J connectivity index is 1.91. The molecular formula is C21H28FNO4S. The van der Waals surface area contributed by atoms with E-state index < -0.39 is 16.0 Å². The third kappa shape index (κ3) is 8.25. The summed E-state index contributed by atoms with van der Waals surface area (Å²) in [5.41, 5.74) is 2.53. The van der Waals surface area contributed by atoms with E-state index in [9.17, 15) is 17.6 Å². The molecule has 0 amide bonds. The SMILES string of the molecule is O=C(O)CCCC=CCC1=C(NS(=O)(=O)CCc2cccc(F)c2)CCCC1. The second kappa shape index (κ2) is 11.0. The molecule has 1 aromatic rings. The lowest BCUT2D eigenvalue weighted by Gasteiger charge is -2.21. The molecule has 0 heterocycles. The molecule has 1 aliphatic rings. The molecule has 0 unspecified atom stereocenters. The molecule has 0 bridgehead atoms. The van der Waals surface area contributed by atoms with Gasteiger partial charge < -0.3 is 5.11 Å². The Morgan fingerprint density at radius 2 is 2.00 bits per heavy atom. The van der Waals surface area contributed by atoms with Gasteiger partial charge in [-0.05, 0) is 74.6 Å². The summed E-state index contributed by atoms with van der Waals surface area (Å²) in [7, 11) is -3.49. The zero-order valence-electron chi connectivity index (χ0n) is 16.0. The quantitative estimate of drug-likeness (QED) is 0.421. The molecule has 0 saturated heterocycles. The highest BCUT2D eigenvalue weighted by molar-refractivity contribution is 7.89. The standard InChI is InChI=1S/C21H28FNO4S/c22-19-11-7-8-17(16-19)14-15-28(26,27)23-20-12-6-5-10-18(20)9-3-1-2-4-13-21(24)25/h1,3,7-8,11,16,23H,2,4-6,9-10,12-15H2,(H,24,25). The molecule has 0 atom stereocenters.